The summed E-state index contributed by atoms with van der Waals surface area (Å²) in [6, 6.07) is 1.50. The maximum absolute atomic E-state index is 13.3. The summed E-state index contributed by atoms with van der Waals surface area (Å²) < 4.78 is 35.2. The fourth-order valence-corrected chi connectivity index (χ4v) is 7.25. The number of nitrogens with one attached hydrogen (secondary N) is 2. The first kappa shape index (κ1) is 21.4. The first-order chi connectivity index (χ1) is 14.9. The van der Waals surface area contributed by atoms with Crippen LogP contribution in [0.5, 0.6) is 0 Å². The Morgan fingerprint density at radius 1 is 1.23 bits per heavy atom. The van der Waals surface area contributed by atoms with Crippen LogP contribution in [-0.4, -0.2) is 71.9 Å². The van der Waals surface area contributed by atoms with Crippen molar-refractivity contribution in [2.24, 2.45) is 0 Å². The Bertz CT molecular complexity index is 912. The third-order valence-electron chi connectivity index (χ3n) is 7.53. The minimum absolute atomic E-state index is 0.0673. The van der Waals surface area contributed by atoms with Crippen molar-refractivity contribution in [2.75, 3.05) is 26.2 Å². The highest BCUT2D eigenvalue weighted by atomic mass is 32.2. The maximum atomic E-state index is 13.3. The fourth-order valence-electron chi connectivity index (χ4n) is 5.43. The Morgan fingerprint density at radius 2 is 2.00 bits per heavy atom. The van der Waals surface area contributed by atoms with Crippen molar-refractivity contribution in [2.45, 2.75) is 81.8 Å². The molecule has 0 radical (unpaired) electrons. The number of hydrogen-bond donors (Lipinski definition) is 2. The van der Waals surface area contributed by atoms with Crippen LogP contribution in [0.2, 0.25) is 0 Å². The molecule has 1 amide bonds. The van der Waals surface area contributed by atoms with Crippen LogP contribution < -0.4 is 10.6 Å². The Balaban J connectivity index is 1.16. The zero-order valence-electron chi connectivity index (χ0n) is 18.2. The van der Waals surface area contributed by atoms with Crippen molar-refractivity contribution >= 4 is 16.1 Å². The van der Waals surface area contributed by atoms with Crippen LogP contribution >= 0.6 is 0 Å². The van der Waals surface area contributed by atoms with E-state index in [0.717, 1.165) is 44.4 Å². The van der Waals surface area contributed by atoms with E-state index in [4.69, 9.17) is 4.52 Å². The molecule has 0 aromatic carbocycles. The highest BCUT2D eigenvalue weighted by molar-refractivity contribution is 7.86. The maximum Gasteiger partial charge on any atom is 0.282 e. The first-order valence-corrected chi connectivity index (χ1v) is 13.1. The molecule has 1 spiro atoms. The lowest BCUT2D eigenvalue weighted by Crippen LogP contribution is -2.58. The molecular formula is C21H33N5O4S. The third kappa shape index (κ3) is 4.27. The van der Waals surface area contributed by atoms with Gasteiger partial charge in [-0.15, -0.1) is 0 Å². The number of aromatic nitrogens is 1. The largest absolute Gasteiger partial charge is 0.360 e. The zero-order chi connectivity index (χ0) is 21.6. The van der Waals surface area contributed by atoms with E-state index < -0.39 is 10.2 Å². The van der Waals surface area contributed by atoms with E-state index in [1.165, 1.54) is 6.42 Å². The second-order valence-corrected chi connectivity index (χ2v) is 11.6. The topological polar surface area (TPSA) is 108 Å². The van der Waals surface area contributed by atoms with Gasteiger partial charge in [0.2, 0.25) is 0 Å². The Kier molecular flexibility index (Phi) is 5.60. The lowest BCUT2D eigenvalue weighted by atomic mass is 9.87. The molecule has 2 atom stereocenters. The van der Waals surface area contributed by atoms with Crippen molar-refractivity contribution in [3.8, 4) is 0 Å². The van der Waals surface area contributed by atoms with Crippen LogP contribution in [0.3, 0.4) is 0 Å². The Hall–Kier alpha value is -1.49. The van der Waals surface area contributed by atoms with Crippen LogP contribution in [0.4, 0.5) is 0 Å². The van der Waals surface area contributed by atoms with E-state index in [2.05, 4.69) is 15.8 Å². The molecule has 5 rings (SSSR count). The molecule has 3 saturated heterocycles. The molecular weight excluding hydrogens is 418 g/mol. The van der Waals surface area contributed by atoms with Crippen LogP contribution in [0.15, 0.2) is 10.6 Å². The third-order valence-corrected chi connectivity index (χ3v) is 9.68. The summed E-state index contributed by atoms with van der Waals surface area (Å²) in [5, 5.41) is 10.5. The van der Waals surface area contributed by atoms with E-state index in [1.54, 1.807) is 14.7 Å². The fraction of sp³-hybridized carbons (Fsp3) is 0.810. The molecule has 2 N–H and O–H groups in total. The van der Waals surface area contributed by atoms with E-state index in [0.29, 0.717) is 44.1 Å². The zero-order valence-corrected chi connectivity index (χ0v) is 19.0. The molecule has 31 heavy (non-hydrogen) atoms. The molecule has 4 aliphatic rings. The molecule has 1 saturated carbocycles. The quantitative estimate of drug-likeness (QED) is 0.704. The van der Waals surface area contributed by atoms with Gasteiger partial charge in [-0.05, 0) is 64.8 Å². The number of nitrogens with zero attached hydrogens (tertiary/aromatic N) is 3. The molecule has 4 fully saturated rings. The average molecular weight is 452 g/mol. The smallest absolute Gasteiger partial charge is 0.282 e. The molecule has 1 aromatic heterocycles. The SMILES string of the molecule is C[C@H]1C[C@@H](NC(=O)c2cc(C3CC3)on2)CCN1S(=O)(=O)N1CCC2(CCCN2)CC1. The summed E-state index contributed by atoms with van der Waals surface area (Å²) >= 11 is 0. The normalized spacial score (nSPS) is 30.0. The van der Waals surface area contributed by atoms with Gasteiger partial charge in [0, 0.05) is 49.2 Å². The number of carbonyl (C=O) groups excluding carboxylic acids is 1. The van der Waals surface area contributed by atoms with Crippen molar-refractivity contribution < 1.29 is 17.7 Å². The second kappa shape index (κ2) is 8.13. The predicted octanol–water partition coefficient (Wildman–Crippen LogP) is 1.60. The van der Waals surface area contributed by atoms with E-state index in [-0.39, 0.29) is 23.5 Å². The molecule has 1 aromatic rings. The Morgan fingerprint density at radius 3 is 2.65 bits per heavy atom. The molecule has 10 heteroatoms. The lowest BCUT2D eigenvalue weighted by Gasteiger charge is -2.43. The number of amides is 1. The molecule has 1 aliphatic carbocycles. The first-order valence-electron chi connectivity index (χ1n) is 11.7. The second-order valence-electron chi connectivity index (χ2n) is 9.76. The number of hydrogen-bond acceptors (Lipinski definition) is 6. The van der Waals surface area contributed by atoms with Crippen molar-refractivity contribution in [1.82, 2.24) is 24.4 Å². The van der Waals surface area contributed by atoms with Gasteiger partial charge in [-0.2, -0.15) is 17.0 Å². The highest BCUT2D eigenvalue weighted by Crippen LogP contribution is 2.40. The van der Waals surface area contributed by atoms with Crippen LogP contribution in [0.1, 0.15) is 80.5 Å². The Labute approximate surface area is 184 Å². The summed E-state index contributed by atoms with van der Waals surface area (Å²) in [5.41, 5.74) is 0.461. The van der Waals surface area contributed by atoms with Gasteiger partial charge in [0.25, 0.3) is 16.1 Å². The molecule has 172 valence electrons. The summed E-state index contributed by atoms with van der Waals surface area (Å²) in [6.45, 7) is 4.54. The van der Waals surface area contributed by atoms with Gasteiger partial charge < -0.3 is 15.2 Å². The summed E-state index contributed by atoms with van der Waals surface area (Å²) in [5.74, 6) is 0.960. The average Bonchev–Trinajstić information content (AvgIpc) is 3.29. The number of carbonyl (C=O) groups is 1. The molecule has 3 aliphatic heterocycles. The minimum atomic E-state index is -3.48. The van der Waals surface area contributed by atoms with Crippen molar-refractivity contribution in [3.63, 3.8) is 0 Å². The van der Waals surface area contributed by atoms with Crippen LogP contribution in [0.25, 0.3) is 0 Å². The standard InChI is InChI=1S/C21H33N5O4S/c1-15-13-17(23-20(27)18-14-19(30-24-18)16-3-4-16)5-10-26(15)31(28,29)25-11-7-21(8-12-25)6-2-9-22-21/h14-17,22H,2-13H2,1H3,(H,23,27)/t15-,17-/m0/s1. The summed E-state index contributed by atoms with van der Waals surface area (Å²) in [6.07, 6.45) is 7.47. The number of rotatable bonds is 5. The highest BCUT2D eigenvalue weighted by Gasteiger charge is 2.43. The van der Waals surface area contributed by atoms with Gasteiger partial charge in [-0.3, -0.25) is 4.79 Å². The lowest BCUT2D eigenvalue weighted by molar-refractivity contribution is 0.0903. The van der Waals surface area contributed by atoms with Gasteiger partial charge in [0.1, 0.15) is 5.76 Å². The molecule has 0 unspecified atom stereocenters. The van der Waals surface area contributed by atoms with Gasteiger partial charge in [0.15, 0.2) is 5.69 Å². The van der Waals surface area contributed by atoms with E-state index in [1.807, 2.05) is 6.92 Å². The van der Waals surface area contributed by atoms with Gasteiger partial charge >= 0.3 is 0 Å². The summed E-state index contributed by atoms with van der Waals surface area (Å²) in [7, 11) is -3.48. The van der Waals surface area contributed by atoms with Crippen LogP contribution in [0, 0.1) is 0 Å². The number of piperidine rings is 2. The van der Waals surface area contributed by atoms with Crippen molar-refractivity contribution in [3.05, 3.63) is 17.5 Å². The molecule has 4 heterocycles. The monoisotopic (exact) mass is 451 g/mol. The van der Waals surface area contributed by atoms with Gasteiger partial charge in [-0.1, -0.05) is 5.16 Å². The van der Waals surface area contributed by atoms with Crippen LogP contribution in [-0.2, 0) is 10.2 Å². The predicted molar refractivity (Wildman–Crippen MR) is 115 cm³/mol. The van der Waals surface area contributed by atoms with E-state index in [9.17, 15) is 13.2 Å². The molecule has 0 bridgehead atoms. The van der Waals surface area contributed by atoms with E-state index >= 15 is 0 Å². The van der Waals surface area contributed by atoms with Gasteiger partial charge in [-0.25, -0.2) is 0 Å². The minimum Gasteiger partial charge on any atom is -0.360 e. The van der Waals surface area contributed by atoms with Crippen molar-refractivity contribution in [1.29, 1.82) is 0 Å². The van der Waals surface area contributed by atoms with Gasteiger partial charge in [0.05, 0.1) is 0 Å². The summed E-state index contributed by atoms with van der Waals surface area (Å²) in [4.78, 5) is 12.5. The molecule has 9 nitrogen and oxygen atoms in total.